The smallest absolute Gasteiger partial charge is 0.424 e. The number of nitrogens with zero attached hydrogens (tertiary/aromatic N) is 2. The van der Waals surface area contributed by atoms with Crippen LogP contribution in [0.15, 0.2) is 30.5 Å². The molecule has 11 heteroatoms. The molecule has 0 fully saturated rings. The first-order chi connectivity index (χ1) is 18.0. The molecule has 1 aromatic heterocycles. The van der Waals surface area contributed by atoms with Gasteiger partial charge in [-0.3, -0.25) is 0 Å². The summed E-state index contributed by atoms with van der Waals surface area (Å²) in [4.78, 5) is 40.2. The van der Waals surface area contributed by atoms with E-state index in [1.807, 2.05) is 0 Å². The van der Waals surface area contributed by atoms with Crippen molar-refractivity contribution in [1.82, 2.24) is 0 Å². The van der Waals surface area contributed by atoms with Gasteiger partial charge in [0.1, 0.15) is 11.2 Å². The summed E-state index contributed by atoms with van der Waals surface area (Å²) < 4.78 is 22.4. The maximum Gasteiger partial charge on any atom is 0.424 e. The monoisotopic (exact) mass is 562 g/mol. The maximum atomic E-state index is 13.4. The number of halogens is 1. The number of amides is 2. The molecule has 39 heavy (non-hydrogen) atoms. The van der Waals surface area contributed by atoms with E-state index in [0.717, 1.165) is 4.90 Å². The maximum absolute atomic E-state index is 13.4. The molecule has 1 unspecified atom stereocenters. The molecule has 1 atom stereocenters. The minimum Gasteiger partial charge on any atom is -0.618 e. The molecule has 0 radical (unpaired) electrons. The number of ether oxygens (including phenoxy) is 4. The van der Waals surface area contributed by atoms with Crippen molar-refractivity contribution in [2.75, 3.05) is 18.6 Å². The summed E-state index contributed by atoms with van der Waals surface area (Å²) in [6.07, 6.45) is -0.104. The Morgan fingerprint density at radius 2 is 1.64 bits per heavy atom. The number of aromatic nitrogens is 1. The van der Waals surface area contributed by atoms with Gasteiger partial charge < -0.3 is 24.2 Å². The van der Waals surface area contributed by atoms with Gasteiger partial charge >= 0.3 is 18.2 Å². The molecule has 3 rings (SSSR count). The zero-order valence-electron chi connectivity index (χ0n) is 23.5. The second-order valence-corrected chi connectivity index (χ2v) is 11.6. The lowest BCUT2D eigenvalue weighted by molar-refractivity contribution is -0.620. The molecule has 212 valence electrons. The second-order valence-electron chi connectivity index (χ2n) is 11.1. The van der Waals surface area contributed by atoms with E-state index in [1.54, 1.807) is 54.5 Å². The van der Waals surface area contributed by atoms with Crippen molar-refractivity contribution >= 4 is 35.4 Å². The van der Waals surface area contributed by atoms with Crippen molar-refractivity contribution in [2.45, 2.75) is 78.1 Å². The number of benzene rings is 1. The van der Waals surface area contributed by atoms with Crippen LogP contribution in [0, 0.1) is 5.21 Å². The van der Waals surface area contributed by atoms with Crippen LogP contribution in [0.3, 0.4) is 0 Å². The number of hydrogen-bond acceptors (Lipinski definition) is 8. The van der Waals surface area contributed by atoms with Gasteiger partial charge in [0.2, 0.25) is 5.69 Å². The number of rotatable bonds is 5. The summed E-state index contributed by atoms with van der Waals surface area (Å²) in [6, 6.07) is 6.23. The Balaban J connectivity index is 2.20. The van der Waals surface area contributed by atoms with Crippen LogP contribution in [0.1, 0.15) is 66.1 Å². The number of esters is 1. The van der Waals surface area contributed by atoms with Gasteiger partial charge in [0.15, 0.2) is 6.20 Å². The first kappa shape index (κ1) is 30.2. The van der Waals surface area contributed by atoms with Gasteiger partial charge in [-0.1, -0.05) is 11.6 Å². The van der Waals surface area contributed by atoms with Crippen LogP contribution in [-0.4, -0.2) is 43.1 Å². The third-order valence-corrected chi connectivity index (χ3v) is 6.09. The Hall–Kier alpha value is -3.37. The van der Waals surface area contributed by atoms with Crippen LogP contribution in [-0.2, 0) is 35.8 Å². The fraction of sp³-hybridized carbons (Fsp3) is 0.500. The molecule has 1 aliphatic rings. The van der Waals surface area contributed by atoms with Crippen LogP contribution >= 0.6 is 11.6 Å². The highest BCUT2D eigenvalue weighted by molar-refractivity contribution is 6.31. The first-order valence-electron chi connectivity index (χ1n) is 12.6. The third kappa shape index (κ3) is 6.45. The number of carbonyl (C=O) groups excluding carboxylic acids is 3. The fourth-order valence-corrected chi connectivity index (χ4v) is 4.55. The van der Waals surface area contributed by atoms with Crippen molar-refractivity contribution in [3.8, 4) is 11.1 Å². The van der Waals surface area contributed by atoms with Gasteiger partial charge in [0, 0.05) is 35.2 Å². The van der Waals surface area contributed by atoms with E-state index in [4.69, 9.17) is 30.5 Å². The number of pyridine rings is 1. The molecule has 2 amide bonds. The Morgan fingerprint density at radius 1 is 1.05 bits per heavy atom. The van der Waals surface area contributed by atoms with E-state index in [9.17, 15) is 19.6 Å². The Kier molecular flexibility index (Phi) is 8.52. The number of fused-ring (bicyclic) bond motifs is 1. The number of anilines is 1. The van der Waals surface area contributed by atoms with Crippen molar-refractivity contribution in [1.29, 1.82) is 0 Å². The van der Waals surface area contributed by atoms with E-state index >= 15 is 0 Å². The van der Waals surface area contributed by atoms with E-state index in [1.165, 1.54) is 31.5 Å². The molecule has 0 N–H and O–H groups in total. The molecule has 0 spiro atoms. The standard InChI is InChI=1S/C28H35ClN2O8/c1-9-37-23(32)28(36-8)13-12-17-14-18(16-30(35)22(17)28)20-15-19(29)10-11-21(20)31(24(33)38-26(2,3)4)25(34)39-27(5,6)7/h10-11,14-16H,9,12-13H2,1-8H3. The molecule has 0 bridgehead atoms. The fourth-order valence-electron chi connectivity index (χ4n) is 4.38. The molecule has 1 aliphatic carbocycles. The average Bonchev–Trinajstić information content (AvgIpc) is 3.18. The Bertz CT molecular complexity index is 1250. The largest absolute Gasteiger partial charge is 0.618 e. The zero-order chi connectivity index (χ0) is 29.3. The summed E-state index contributed by atoms with van der Waals surface area (Å²) in [5.74, 6) is -0.645. The summed E-state index contributed by atoms with van der Waals surface area (Å²) >= 11 is 6.33. The molecule has 1 aromatic carbocycles. The van der Waals surface area contributed by atoms with Gasteiger partial charge in [0.25, 0.3) is 5.60 Å². The molecule has 2 aromatic rings. The SMILES string of the molecule is CCOC(=O)C1(OC)CCc2cc(-c3cc(Cl)ccc3N(C(=O)OC(C)(C)C)C(=O)OC(C)(C)C)c[n+]([O-])c21. The van der Waals surface area contributed by atoms with E-state index < -0.39 is 35.0 Å². The first-order valence-corrected chi connectivity index (χ1v) is 13.0. The van der Waals surface area contributed by atoms with Crippen LogP contribution < -0.4 is 9.63 Å². The molecule has 1 heterocycles. The lowest BCUT2D eigenvalue weighted by atomic mass is 9.98. The molecule has 0 aliphatic heterocycles. The van der Waals surface area contributed by atoms with Gasteiger partial charge in [-0.15, -0.1) is 0 Å². The predicted octanol–water partition coefficient (Wildman–Crippen LogP) is 5.67. The number of carbonyl (C=O) groups is 3. The highest BCUT2D eigenvalue weighted by Crippen LogP contribution is 2.42. The molecular weight excluding hydrogens is 528 g/mol. The summed E-state index contributed by atoms with van der Waals surface area (Å²) in [5.41, 5.74) is -1.91. The van der Waals surface area contributed by atoms with Gasteiger partial charge in [-0.25, -0.2) is 14.4 Å². The molecule has 0 saturated carbocycles. The van der Waals surface area contributed by atoms with Crippen molar-refractivity contribution in [3.05, 3.63) is 51.9 Å². The van der Waals surface area contributed by atoms with Crippen LogP contribution in [0.25, 0.3) is 11.1 Å². The van der Waals surface area contributed by atoms with E-state index in [2.05, 4.69) is 0 Å². The number of aryl methyl sites for hydroxylation is 1. The zero-order valence-corrected chi connectivity index (χ0v) is 24.3. The van der Waals surface area contributed by atoms with Gasteiger partial charge in [-0.2, -0.15) is 9.63 Å². The summed E-state index contributed by atoms with van der Waals surface area (Å²) in [7, 11) is 1.36. The quantitative estimate of drug-likeness (QED) is 0.198. The highest BCUT2D eigenvalue weighted by Gasteiger charge is 2.54. The van der Waals surface area contributed by atoms with Crippen LogP contribution in [0.2, 0.25) is 5.02 Å². The minimum absolute atomic E-state index is 0.101. The minimum atomic E-state index is -1.54. The lowest BCUT2D eigenvalue weighted by Gasteiger charge is -2.29. The van der Waals surface area contributed by atoms with Gasteiger partial charge in [-0.05, 0) is 79.2 Å². The van der Waals surface area contributed by atoms with Crippen molar-refractivity contribution < 1.29 is 38.1 Å². The topological polar surface area (TPSA) is 118 Å². The van der Waals surface area contributed by atoms with Crippen molar-refractivity contribution in [3.63, 3.8) is 0 Å². The van der Waals surface area contributed by atoms with Gasteiger partial charge in [0.05, 0.1) is 12.3 Å². The van der Waals surface area contributed by atoms with E-state index in [-0.39, 0.29) is 24.4 Å². The summed E-state index contributed by atoms with van der Waals surface area (Å²) in [6.45, 7) is 11.9. The molecule has 10 nitrogen and oxygen atoms in total. The number of imide groups is 1. The summed E-state index contributed by atoms with van der Waals surface area (Å²) in [5, 5.41) is 13.7. The average molecular weight is 563 g/mol. The molecule has 0 saturated heterocycles. The number of methoxy groups -OCH3 is 1. The third-order valence-electron chi connectivity index (χ3n) is 5.86. The Morgan fingerprint density at radius 3 is 2.15 bits per heavy atom. The number of hydrogen-bond donors (Lipinski definition) is 0. The second kappa shape index (κ2) is 11.0. The van der Waals surface area contributed by atoms with E-state index in [0.29, 0.717) is 32.9 Å². The van der Waals surface area contributed by atoms with Crippen LogP contribution in [0.4, 0.5) is 15.3 Å². The molecular formula is C28H35ClN2O8. The van der Waals surface area contributed by atoms with Crippen molar-refractivity contribution in [2.24, 2.45) is 0 Å². The Labute approximate surface area is 233 Å². The van der Waals surface area contributed by atoms with Crippen LogP contribution in [0.5, 0.6) is 0 Å². The normalized spacial score (nSPS) is 16.8. The predicted molar refractivity (Wildman–Crippen MR) is 144 cm³/mol. The highest BCUT2D eigenvalue weighted by atomic mass is 35.5. The lowest BCUT2D eigenvalue weighted by Crippen LogP contribution is -2.47.